The molecule has 0 unspecified atom stereocenters. The predicted octanol–water partition coefficient (Wildman–Crippen LogP) is -0.0923. The fourth-order valence-electron chi connectivity index (χ4n) is 1.70. The molecule has 0 aromatic rings. The van der Waals surface area contributed by atoms with Crippen LogP contribution in [0, 0.1) is 0 Å². The molecule has 1 saturated heterocycles. The molecule has 1 rings (SSSR count). The highest BCUT2D eigenvalue weighted by Crippen LogP contribution is 2.19. The molecule has 1 aliphatic rings. The quantitative estimate of drug-likeness (QED) is 0.626. The Kier molecular flexibility index (Phi) is 5.73. The van der Waals surface area contributed by atoms with Gasteiger partial charge in [-0.3, -0.25) is 4.79 Å². The minimum absolute atomic E-state index is 0.0421. The lowest BCUT2D eigenvalue weighted by Gasteiger charge is -2.34. The molecule has 0 bridgehead atoms. The lowest BCUT2D eigenvalue weighted by atomic mass is 9.92. The molecule has 0 aromatic carbocycles. The third-order valence-electron chi connectivity index (χ3n) is 2.81. The maximum Gasteiger partial charge on any atom is 0.234 e. The van der Waals surface area contributed by atoms with Crippen LogP contribution in [0.3, 0.4) is 0 Å². The summed E-state index contributed by atoms with van der Waals surface area (Å²) in [5.41, 5.74) is -0.0989. The third-order valence-corrected chi connectivity index (χ3v) is 2.81. The van der Waals surface area contributed by atoms with Crippen LogP contribution in [0.25, 0.3) is 0 Å². The first kappa shape index (κ1) is 13.4. The summed E-state index contributed by atoms with van der Waals surface area (Å²) >= 11 is 0. The number of nitrogens with one attached hydrogen (secondary N) is 2. The summed E-state index contributed by atoms with van der Waals surface area (Å²) in [7, 11) is 1.64. The summed E-state index contributed by atoms with van der Waals surface area (Å²) in [6, 6.07) is 0. The van der Waals surface area contributed by atoms with E-state index in [1.54, 1.807) is 7.11 Å². The molecule has 0 atom stereocenters. The van der Waals surface area contributed by atoms with E-state index in [2.05, 4.69) is 17.6 Å². The lowest BCUT2D eigenvalue weighted by molar-refractivity contribution is -0.123. The molecule has 0 spiro atoms. The van der Waals surface area contributed by atoms with E-state index >= 15 is 0 Å². The van der Waals surface area contributed by atoms with Crippen LogP contribution in [0.5, 0.6) is 0 Å². The average molecular weight is 230 g/mol. The monoisotopic (exact) mass is 230 g/mol. The summed E-state index contributed by atoms with van der Waals surface area (Å²) in [6.45, 7) is 5.20. The Morgan fingerprint density at radius 3 is 2.75 bits per heavy atom. The van der Waals surface area contributed by atoms with Gasteiger partial charge in [0.2, 0.25) is 5.91 Å². The van der Waals surface area contributed by atoms with Gasteiger partial charge in [-0.15, -0.1) is 0 Å². The minimum Gasteiger partial charge on any atom is -0.383 e. The van der Waals surface area contributed by atoms with Gasteiger partial charge in [-0.2, -0.15) is 0 Å². The smallest absolute Gasteiger partial charge is 0.234 e. The Morgan fingerprint density at radius 1 is 1.44 bits per heavy atom. The summed E-state index contributed by atoms with van der Waals surface area (Å²) < 4.78 is 10.2. The molecule has 0 aromatic heterocycles. The van der Waals surface area contributed by atoms with E-state index in [0.717, 1.165) is 26.1 Å². The zero-order valence-electron chi connectivity index (χ0n) is 10.2. The van der Waals surface area contributed by atoms with Crippen molar-refractivity contribution in [1.82, 2.24) is 10.6 Å². The number of methoxy groups -OCH3 is 1. The zero-order valence-corrected chi connectivity index (χ0v) is 10.2. The normalized spacial score (nSPS) is 19.4. The molecule has 0 saturated carbocycles. The van der Waals surface area contributed by atoms with Crippen LogP contribution < -0.4 is 10.6 Å². The van der Waals surface area contributed by atoms with Gasteiger partial charge < -0.3 is 20.1 Å². The number of amides is 1. The molecular weight excluding hydrogens is 208 g/mol. The van der Waals surface area contributed by atoms with Crippen molar-refractivity contribution in [1.29, 1.82) is 0 Å². The molecular formula is C11H22N2O3. The number of carbonyl (C=O) groups is 1. The first-order valence-corrected chi connectivity index (χ1v) is 5.75. The van der Waals surface area contributed by atoms with E-state index in [9.17, 15) is 4.79 Å². The van der Waals surface area contributed by atoms with Gasteiger partial charge in [-0.25, -0.2) is 0 Å². The Bertz CT molecular complexity index is 215. The van der Waals surface area contributed by atoms with Gasteiger partial charge in [0.05, 0.1) is 13.2 Å². The van der Waals surface area contributed by atoms with Crippen molar-refractivity contribution in [3.8, 4) is 0 Å². The Balaban J connectivity index is 2.17. The second kappa shape index (κ2) is 6.83. The van der Waals surface area contributed by atoms with Gasteiger partial charge in [0.1, 0.15) is 0 Å². The van der Waals surface area contributed by atoms with Crippen molar-refractivity contribution in [3.05, 3.63) is 0 Å². The molecule has 5 heteroatoms. The number of hydrogen-bond donors (Lipinski definition) is 2. The first-order chi connectivity index (χ1) is 7.66. The number of carbonyl (C=O) groups excluding carboxylic acids is 1. The second-order valence-electron chi connectivity index (χ2n) is 4.39. The Morgan fingerprint density at radius 2 is 2.12 bits per heavy atom. The van der Waals surface area contributed by atoms with Crippen LogP contribution in [0.2, 0.25) is 0 Å². The fraction of sp³-hybridized carbons (Fsp3) is 0.909. The highest BCUT2D eigenvalue weighted by molar-refractivity contribution is 5.78. The summed E-state index contributed by atoms with van der Waals surface area (Å²) in [6.07, 6.45) is 1.77. The van der Waals surface area contributed by atoms with E-state index in [-0.39, 0.29) is 11.4 Å². The van der Waals surface area contributed by atoms with Crippen LogP contribution in [-0.2, 0) is 14.3 Å². The molecule has 1 amide bonds. The van der Waals surface area contributed by atoms with Crippen LogP contribution in [0.15, 0.2) is 0 Å². The van der Waals surface area contributed by atoms with Gasteiger partial charge in [0.15, 0.2) is 0 Å². The maximum atomic E-state index is 11.6. The standard InChI is InChI=1S/C11H22N2O3/c1-11(3-6-16-7-4-11)13-10(14)9-12-5-8-15-2/h12H,3-9H2,1-2H3,(H,13,14). The number of rotatable bonds is 6. The van der Waals surface area contributed by atoms with Gasteiger partial charge in [0, 0.05) is 32.4 Å². The van der Waals surface area contributed by atoms with E-state index in [0.29, 0.717) is 19.7 Å². The van der Waals surface area contributed by atoms with Crippen LogP contribution >= 0.6 is 0 Å². The highest BCUT2D eigenvalue weighted by atomic mass is 16.5. The van der Waals surface area contributed by atoms with Gasteiger partial charge >= 0.3 is 0 Å². The highest BCUT2D eigenvalue weighted by Gasteiger charge is 2.28. The molecule has 1 aliphatic heterocycles. The molecule has 1 fully saturated rings. The van der Waals surface area contributed by atoms with E-state index in [4.69, 9.17) is 9.47 Å². The first-order valence-electron chi connectivity index (χ1n) is 5.75. The SMILES string of the molecule is COCCNCC(=O)NC1(C)CCOCC1. The fourth-order valence-corrected chi connectivity index (χ4v) is 1.70. The van der Waals surface area contributed by atoms with Crippen molar-refractivity contribution in [3.63, 3.8) is 0 Å². The average Bonchev–Trinajstić information content (AvgIpc) is 2.25. The van der Waals surface area contributed by atoms with Crippen LogP contribution in [-0.4, -0.2) is 51.5 Å². The molecule has 2 N–H and O–H groups in total. The number of hydrogen-bond acceptors (Lipinski definition) is 4. The molecule has 0 aliphatic carbocycles. The van der Waals surface area contributed by atoms with Crippen molar-refractivity contribution in [2.75, 3.05) is 40.0 Å². The summed E-state index contributed by atoms with van der Waals surface area (Å²) in [5, 5.41) is 6.07. The van der Waals surface area contributed by atoms with Crippen LogP contribution in [0.1, 0.15) is 19.8 Å². The summed E-state index contributed by atoms with van der Waals surface area (Å²) in [5.74, 6) is 0.0421. The number of ether oxygens (including phenoxy) is 2. The Hall–Kier alpha value is -0.650. The maximum absolute atomic E-state index is 11.6. The molecule has 0 radical (unpaired) electrons. The van der Waals surface area contributed by atoms with Crippen molar-refractivity contribution in [2.45, 2.75) is 25.3 Å². The Labute approximate surface area is 96.9 Å². The third kappa shape index (κ3) is 4.92. The van der Waals surface area contributed by atoms with E-state index in [1.807, 2.05) is 0 Å². The van der Waals surface area contributed by atoms with Crippen LogP contribution in [0.4, 0.5) is 0 Å². The van der Waals surface area contributed by atoms with E-state index < -0.39 is 0 Å². The molecule has 1 heterocycles. The summed E-state index contributed by atoms with van der Waals surface area (Å²) in [4.78, 5) is 11.6. The predicted molar refractivity (Wildman–Crippen MR) is 61.3 cm³/mol. The van der Waals surface area contributed by atoms with Crippen molar-refractivity contribution >= 4 is 5.91 Å². The largest absolute Gasteiger partial charge is 0.383 e. The molecule has 16 heavy (non-hydrogen) atoms. The van der Waals surface area contributed by atoms with E-state index in [1.165, 1.54) is 0 Å². The van der Waals surface area contributed by atoms with Gasteiger partial charge in [-0.1, -0.05) is 0 Å². The topological polar surface area (TPSA) is 59.6 Å². The van der Waals surface area contributed by atoms with Crippen molar-refractivity contribution in [2.24, 2.45) is 0 Å². The van der Waals surface area contributed by atoms with Crippen molar-refractivity contribution < 1.29 is 14.3 Å². The molecule has 5 nitrogen and oxygen atoms in total. The lowest BCUT2D eigenvalue weighted by Crippen LogP contribution is -2.52. The van der Waals surface area contributed by atoms with Gasteiger partial charge in [0.25, 0.3) is 0 Å². The minimum atomic E-state index is -0.0989. The van der Waals surface area contributed by atoms with Gasteiger partial charge in [-0.05, 0) is 19.8 Å². The second-order valence-corrected chi connectivity index (χ2v) is 4.39. The molecule has 94 valence electrons. The zero-order chi connectivity index (χ0) is 11.9.